The minimum absolute atomic E-state index is 0.0625. The van der Waals surface area contributed by atoms with Crippen LogP contribution in [0.15, 0.2) is 23.2 Å². The Kier molecular flexibility index (Phi) is 3.07. The number of benzene rings is 1. The number of phenols is 1. The van der Waals surface area contributed by atoms with Crippen LogP contribution in [0.4, 0.5) is 0 Å². The number of nitrogens with zero attached hydrogens (tertiary/aromatic N) is 1. The Balaban J connectivity index is 2.16. The van der Waals surface area contributed by atoms with Crippen molar-refractivity contribution in [2.75, 3.05) is 6.61 Å². The summed E-state index contributed by atoms with van der Waals surface area (Å²) >= 11 is 5.76. The zero-order valence-electron chi connectivity index (χ0n) is 8.18. The van der Waals surface area contributed by atoms with Crippen LogP contribution in [0.5, 0.6) is 5.75 Å². The molecule has 5 nitrogen and oxygen atoms in total. The van der Waals surface area contributed by atoms with E-state index in [0.29, 0.717) is 10.6 Å². The van der Waals surface area contributed by atoms with Gasteiger partial charge in [0.1, 0.15) is 12.4 Å². The molecule has 0 aliphatic carbocycles. The van der Waals surface area contributed by atoms with Gasteiger partial charge < -0.3 is 5.11 Å². The highest BCUT2D eigenvalue weighted by atomic mass is 35.5. The second-order valence-electron chi connectivity index (χ2n) is 3.27. The van der Waals surface area contributed by atoms with Crippen molar-refractivity contribution in [2.24, 2.45) is 4.99 Å². The van der Waals surface area contributed by atoms with Crippen molar-refractivity contribution < 1.29 is 14.7 Å². The summed E-state index contributed by atoms with van der Waals surface area (Å²) < 4.78 is 0. The number of halogens is 1. The molecule has 0 radical (unpaired) electrons. The fraction of sp³-hybridized carbons (Fsp3) is 0.200. The molecule has 1 atom stereocenters. The molecule has 1 aliphatic heterocycles. The van der Waals surface area contributed by atoms with Gasteiger partial charge in [0.2, 0.25) is 0 Å². The lowest BCUT2D eigenvalue weighted by molar-refractivity contribution is -0.124. The zero-order chi connectivity index (χ0) is 11.5. The first-order valence-corrected chi connectivity index (χ1v) is 4.98. The van der Waals surface area contributed by atoms with E-state index in [9.17, 15) is 9.90 Å². The number of aromatic hydroxyl groups is 1. The summed E-state index contributed by atoms with van der Waals surface area (Å²) in [6.07, 6.45) is 1.40. The molecule has 0 saturated carbocycles. The molecule has 1 aromatic rings. The number of aliphatic imine (C=N–C) groups is 1. The van der Waals surface area contributed by atoms with Gasteiger partial charge in [-0.15, -0.1) is 0 Å². The number of rotatable bonds is 2. The van der Waals surface area contributed by atoms with Crippen molar-refractivity contribution in [2.45, 2.75) is 6.04 Å². The standard InChI is InChI=1S/C10H9ClN2O3/c11-7-1-2-9(14)6(3-7)4-12-8-5-16-13-10(8)15/h1-4,8,14H,5H2,(H,13,15)/t8-/m1/s1. The van der Waals surface area contributed by atoms with Gasteiger partial charge in [-0.1, -0.05) is 11.6 Å². The third-order valence-corrected chi connectivity index (χ3v) is 2.33. The van der Waals surface area contributed by atoms with Gasteiger partial charge in [-0.25, -0.2) is 5.48 Å². The first kappa shape index (κ1) is 10.9. The van der Waals surface area contributed by atoms with Crippen molar-refractivity contribution in [3.63, 3.8) is 0 Å². The average molecular weight is 241 g/mol. The smallest absolute Gasteiger partial charge is 0.270 e. The summed E-state index contributed by atoms with van der Waals surface area (Å²) in [6.45, 7) is 0.191. The summed E-state index contributed by atoms with van der Waals surface area (Å²) in [5.41, 5.74) is 2.66. The predicted molar refractivity (Wildman–Crippen MR) is 58.6 cm³/mol. The first-order valence-electron chi connectivity index (χ1n) is 4.60. The van der Waals surface area contributed by atoms with Crippen LogP contribution in [0.25, 0.3) is 0 Å². The van der Waals surface area contributed by atoms with Crippen LogP contribution in [-0.2, 0) is 9.63 Å². The fourth-order valence-electron chi connectivity index (χ4n) is 1.25. The van der Waals surface area contributed by atoms with Gasteiger partial charge in [0.15, 0.2) is 6.04 Å². The van der Waals surface area contributed by atoms with Gasteiger partial charge >= 0.3 is 0 Å². The zero-order valence-corrected chi connectivity index (χ0v) is 8.94. The van der Waals surface area contributed by atoms with E-state index in [0.717, 1.165) is 0 Å². The summed E-state index contributed by atoms with van der Waals surface area (Å²) in [5, 5.41) is 9.99. The maximum Gasteiger partial charge on any atom is 0.270 e. The Bertz CT molecular complexity index is 448. The quantitative estimate of drug-likeness (QED) is 0.755. The maximum atomic E-state index is 11.1. The Labute approximate surface area is 96.7 Å². The highest BCUT2D eigenvalue weighted by molar-refractivity contribution is 6.30. The topological polar surface area (TPSA) is 70.9 Å². The van der Waals surface area contributed by atoms with Crippen molar-refractivity contribution in [1.82, 2.24) is 5.48 Å². The number of phenolic OH excluding ortho intramolecular Hbond substituents is 1. The number of carbonyl (C=O) groups excluding carboxylic acids is 1. The second kappa shape index (κ2) is 4.51. The van der Waals surface area contributed by atoms with Crippen LogP contribution >= 0.6 is 11.6 Å². The summed E-state index contributed by atoms with van der Waals surface area (Å²) in [6, 6.07) is 4.03. The number of hydroxylamine groups is 1. The lowest BCUT2D eigenvalue weighted by Gasteiger charge is -2.00. The molecular formula is C10H9ClN2O3. The van der Waals surface area contributed by atoms with E-state index in [1.54, 1.807) is 12.1 Å². The SMILES string of the molecule is O=C1NOC[C@H]1N=Cc1cc(Cl)ccc1O. The van der Waals surface area contributed by atoms with E-state index in [1.165, 1.54) is 12.3 Å². The molecule has 16 heavy (non-hydrogen) atoms. The molecule has 1 aliphatic rings. The Morgan fingerprint density at radius 1 is 1.62 bits per heavy atom. The van der Waals surface area contributed by atoms with E-state index < -0.39 is 6.04 Å². The average Bonchev–Trinajstić information content (AvgIpc) is 2.66. The van der Waals surface area contributed by atoms with Crippen molar-refractivity contribution in [3.8, 4) is 5.75 Å². The van der Waals surface area contributed by atoms with E-state index in [4.69, 9.17) is 16.4 Å². The van der Waals surface area contributed by atoms with Crippen LogP contribution in [0.2, 0.25) is 5.02 Å². The van der Waals surface area contributed by atoms with Crippen LogP contribution in [-0.4, -0.2) is 29.9 Å². The number of amides is 1. The van der Waals surface area contributed by atoms with Crippen LogP contribution < -0.4 is 5.48 Å². The molecule has 6 heteroatoms. The van der Waals surface area contributed by atoms with E-state index >= 15 is 0 Å². The van der Waals surface area contributed by atoms with E-state index in [2.05, 4.69) is 10.5 Å². The lowest BCUT2D eigenvalue weighted by Crippen LogP contribution is -2.21. The Hall–Kier alpha value is -1.59. The van der Waals surface area contributed by atoms with Gasteiger partial charge in [0, 0.05) is 16.8 Å². The monoisotopic (exact) mass is 240 g/mol. The summed E-state index contributed by atoms with van der Waals surface area (Å²) in [4.78, 5) is 19.8. The lowest BCUT2D eigenvalue weighted by atomic mass is 10.2. The molecule has 1 amide bonds. The minimum atomic E-state index is -0.571. The maximum absolute atomic E-state index is 11.1. The van der Waals surface area contributed by atoms with Gasteiger partial charge in [0.05, 0.1) is 0 Å². The van der Waals surface area contributed by atoms with Crippen molar-refractivity contribution in [3.05, 3.63) is 28.8 Å². The Morgan fingerprint density at radius 2 is 2.44 bits per heavy atom. The van der Waals surface area contributed by atoms with E-state index in [1.807, 2.05) is 0 Å². The minimum Gasteiger partial charge on any atom is -0.507 e. The molecule has 0 bridgehead atoms. The largest absolute Gasteiger partial charge is 0.507 e. The van der Waals surface area contributed by atoms with E-state index in [-0.39, 0.29) is 18.3 Å². The molecule has 1 aromatic carbocycles. The molecular weight excluding hydrogens is 232 g/mol. The van der Waals surface area contributed by atoms with Crippen LogP contribution in [0.1, 0.15) is 5.56 Å². The van der Waals surface area contributed by atoms with Gasteiger partial charge in [0.25, 0.3) is 5.91 Å². The van der Waals surface area contributed by atoms with Crippen LogP contribution in [0, 0.1) is 0 Å². The number of nitrogens with one attached hydrogen (secondary N) is 1. The number of hydrogen-bond acceptors (Lipinski definition) is 4. The summed E-state index contributed by atoms with van der Waals surface area (Å²) in [7, 11) is 0. The molecule has 0 unspecified atom stereocenters. The summed E-state index contributed by atoms with van der Waals surface area (Å²) in [5.74, 6) is -0.231. The normalized spacial score (nSPS) is 20.3. The number of carbonyl (C=O) groups is 1. The first-order chi connectivity index (χ1) is 7.66. The second-order valence-corrected chi connectivity index (χ2v) is 3.71. The molecule has 1 saturated heterocycles. The molecule has 1 fully saturated rings. The molecule has 1 heterocycles. The van der Waals surface area contributed by atoms with Gasteiger partial charge in [-0.2, -0.15) is 0 Å². The molecule has 0 spiro atoms. The third kappa shape index (κ3) is 2.32. The van der Waals surface area contributed by atoms with Gasteiger partial charge in [-0.05, 0) is 18.2 Å². The molecule has 0 aromatic heterocycles. The predicted octanol–water partition coefficient (Wildman–Crippen LogP) is 0.894. The Morgan fingerprint density at radius 3 is 3.12 bits per heavy atom. The molecule has 84 valence electrons. The van der Waals surface area contributed by atoms with Crippen molar-refractivity contribution in [1.29, 1.82) is 0 Å². The molecule has 2 N–H and O–H groups in total. The van der Waals surface area contributed by atoms with Gasteiger partial charge in [-0.3, -0.25) is 14.6 Å². The fourth-order valence-corrected chi connectivity index (χ4v) is 1.43. The van der Waals surface area contributed by atoms with Crippen molar-refractivity contribution >= 4 is 23.7 Å². The highest BCUT2D eigenvalue weighted by Crippen LogP contribution is 2.19. The third-order valence-electron chi connectivity index (χ3n) is 2.10. The number of hydrogen-bond donors (Lipinski definition) is 2. The van der Waals surface area contributed by atoms with Crippen LogP contribution in [0.3, 0.4) is 0 Å². The molecule has 2 rings (SSSR count). The highest BCUT2D eigenvalue weighted by Gasteiger charge is 2.23.